The summed E-state index contributed by atoms with van der Waals surface area (Å²) in [6.07, 6.45) is 3.26. The van der Waals surface area contributed by atoms with Crippen LogP contribution in [0, 0.1) is 0 Å². The molecule has 0 amide bonds. The molecule has 3 rings (SSSR count). The molecule has 0 spiro atoms. The van der Waals surface area contributed by atoms with E-state index in [1.807, 2.05) is 54.6 Å². The van der Waals surface area contributed by atoms with Crippen LogP contribution in [-0.2, 0) is 24.1 Å². The van der Waals surface area contributed by atoms with Gasteiger partial charge in [-0.1, -0.05) is 80.1 Å². The van der Waals surface area contributed by atoms with Crippen LogP contribution >= 0.6 is 0 Å². The molecular formula is C26H28O3. The first-order chi connectivity index (χ1) is 14.0. The fourth-order valence-electron chi connectivity index (χ4n) is 3.42. The van der Waals surface area contributed by atoms with Gasteiger partial charge in [0.15, 0.2) is 0 Å². The van der Waals surface area contributed by atoms with E-state index >= 15 is 0 Å². The molecule has 0 aliphatic heterocycles. The minimum atomic E-state index is -1.33. The van der Waals surface area contributed by atoms with E-state index in [0.717, 1.165) is 30.4 Å². The summed E-state index contributed by atoms with van der Waals surface area (Å²) in [6.45, 7) is 3.78. The Labute approximate surface area is 173 Å². The third-order valence-corrected chi connectivity index (χ3v) is 5.07. The molecule has 150 valence electrons. The van der Waals surface area contributed by atoms with Gasteiger partial charge in [0.25, 0.3) is 0 Å². The summed E-state index contributed by atoms with van der Waals surface area (Å²) in [6, 6.07) is 26.1. The lowest BCUT2D eigenvalue weighted by atomic mass is 9.95. The first kappa shape index (κ1) is 20.7. The number of carbonyl (C=O) groups is 1. The maximum Gasteiger partial charge on any atom is 0.348 e. The molecule has 0 heterocycles. The molecule has 29 heavy (non-hydrogen) atoms. The van der Waals surface area contributed by atoms with Gasteiger partial charge < -0.3 is 9.84 Å². The summed E-state index contributed by atoms with van der Waals surface area (Å²) < 4.78 is 5.95. The summed E-state index contributed by atoms with van der Waals surface area (Å²) in [4.78, 5) is 12.0. The normalized spacial score (nSPS) is 12.9. The molecule has 1 N–H and O–H groups in total. The van der Waals surface area contributed by atoms with Gasteiger partial charge in [-0.15, -0.1) is 0 Å². The van der Waals surface area contributed by atoms with E-state index < -0.39 is 11.6 Å². The second kappa shape index (κ2) is 9.42. The first-order valence-corrected chi connectivity index (χ1v) is 10.1. The van der Waals surface area contributed by atoms with Crippen molar-refractivity contribution in [1.82, 2.24) is 0 Å². The molecule has 3 nitrogen and oxygen atoms in total. The van der Waals surface area contributed by atoms with Crippen LogP contribution < -0.4 is 4.74 Å². The minimum absolute atomic E-state index is 0.306. The highest BCUT2D eigenvalue weighted by Crippen LogP contribution is 2.24. The molecule has 1 atom stereocenters. The molecule has 3 aromatic rings. The van der Waals surface area contributed by atoms with Crippen LogP contribution in [-0.4, -0.2) is 16.7 Å². The highest BCUT2D eigenvalue weighted by molar-refractivity contribution is 5.78. The van der Waals surface area contributed by atoms with Gasteiger partial charge in [0.05, 0.1) is 0 Å². The average Bonchev–Trinajstić information content (AvgIpc) is 2.72. The maximum absolute atomic E-state index is 12.0. The van der Waals surface area contributed by atoms with Crippen molar-refractivity contribution in [3.63, 3.8) is 0 Å². The lowest BCUT2D eigenvalue weighted by Crippen LogP contribution is -2.43. The summed E-state index contributed by atoms with van der Waals surface area (Å²) in [5, 5.41) is 9.82. The van der Waals surface area contributed by atoms with E-state index in [-0.39, 0.29) is 0 Å². The molecular weight excluding hydrogens is 360 g/mol. The fraction of sp³-hybridized carbons (Fsp3) is 0.269. The van der Waals surface area contributed by atoms with E-state index in [1.54, 1.807) is 6.92 Å². The summed E-state index contributed by atoms with van der Waals surface area (Å²) >= 11 is 0. The minimum Gasteiger partial charge on any atom is -0.478 e. The van der Waals surface area contributed by atoms with E-state index in [9.17, 15) is 9.90 Å². The number of rotatable bonds is 9. The number of benzene rings is 3. The zero-order valence-corrected chi connectivity index (χ0v) is 17.1. The number of carboxylic acid groups (broad SMARTS) is 1. The summed E-state index contributed by atoms with van der Waals surface area (Å²) in [7, 11) is 0. The van der Waals surface area contributed by atoms with E-state index in [2.05, 4.69) is 31.2 Å². The van der Waals surface area contributed by atoms with Crippen LogP contribution in [0.1, 0.15) is 42.5 Å². The fourth-order valence-corrected chi connectivity index (χ4v) is 3.42. The SMILES string of the molecule is CCCc1ccc(CC(C)(Oc2ccc(Cc3ccccc3)cc2)C(=O)O)cc1. The molecule has 0 saturated carbocycles. The number of hydrogen-bond acceptors (Lipinski definition) is 2. The predicted octanol–water partition coefficient (Wildman–Crippen LogP) is 5.69. The zero-order chi connectivity index (χ0) is 20.7. The van der Waals surface area contributed by atoms with Crippen molar-refractivity contribution in [2.75, 3.05) is 0 Å². The van der Waals surface area contributed by atoms with Crippen molar-refractivity contribution in [1.29, 1.82) is 0 Å². The molecule has 0 aliphatic carbocycles. The lowest BCUT2D eigenvalue weighted by Gasteiger charge is -2.26. The van der Waals surface area contributed by atoms with Crippen LogP contribution in [0.5, 0.6) is 5.75 Å². The Bertz CT molecular complexity index is 914. The van der Waals surface area contributed by atoms with Gasteiger partial charge in [-0.3, -0.25) is 0 Å². The molecule has 0 saturated heterocycles. The van der Waals surface area contributed by atoms with Crippen molar-refractivity contribution in [3.05, 3.63) is 101 Å². The predicted molar refractivity (Wildman–Crippen MR) is 116 cm³/mol. The van der Waals surface area contributed by atoms with Crippen molar-refractivity contribution < 1.29 is 14.6 Å². The number of aliphatic carboxylic acids is 1. The topological polar surface area (TPSA) is 46.5 Å². The first-order valence-electron chi connectivity index (χ1n) is 10.1. The van der Waals surface area contributed by atoms with Gasteiger partial charge in [-0.05, 0) is 54.2 Å². The Morgan fingerprint density at radius 1 is 0.828 bits per heavy atom. The van der Waals surface area contributed by atoms with Gasteiger partial charge in [0, 0.05) is 6.42 Å². The molecule has 0 aliphatic rings. The Hall–Kier alpha value is -3.07. The van der Waals surface area contributed by atoms with Gasteiger partial charge in [0.2, 0.25) is 5.60 Å². The highest BCUT2D eigenvalue weighted by Gasteiger charge is 2.36. The van der Waals surface area contributed by atoms with Crippen molar-refractivity contribution in [3.8, 4) is 5.75 Å². The number of ether oxygens (including phenoxy) is 1. The molecule has 0 radical (unpaired) electrons. The molecule has 3 aromatic carbocycles. The quantitative estimate of drug-likeness (QED) is 0.512. The standard InChI is InChI=1S/C26H28O3/c1-3-7-20-10-12-23(13-11-20)19-26(2,25(27)28)29-24-16-14-22(15-17-24)18-21-8-5-4-6-9-21/h4-6,8-17H,3,7,18-19H2,1-2H3,(H,27,28). The average molecular weight is 389 g/mol. The van der Waals surface area contributed by atoms with Gasteiger partial charge >= 0.3 is 5.97 Å². The maximum atomic E-state index is 12.0. The van der Waals surface area contributed by atoms with Crippen LogP contribution in [0.4, 0.5) is 0 Å². The monoisotopic (exact) mass is 388 g/mol. The van der Waals surface area contributed by atoms with Gasteiger partial charge in [-0.25, -0.2) is 4.79 Å². The largest absolute Gasteiger partial charge is 0.478 e. The third kappa shape index (κ3) is 5.71. The van der Waals surface area contributed by atoms with Crippen LogP contribution in [0.2, 0.25) is 0 Å². The number of carboxylic acids is 1. The van der Waals surface area contributed by atoms with Crippen molar-refractivity contribution in [2.24, 2.45) is 0 Å². The molecule has 0 fully saturated rings. The summed E-state index contributed by atoms with van der Waals surface area (Å²) in [5.41, 5.74) is 3.29. The highest BCUT2D eigenvalue weighted by atomic mass is 16.5. The van der Waals surface area contributed by atoms with Crippen molar-refractivity contribution >= 4 is 5.97 Å². The molecule has 3 heteroatoms. The van der Waals surface area contributed by atoms with Gasteiger partial charge in [-0.2, -0.15) is 0 Å². The van der Waals surface area contributed by atoms with E-state index in [0.29, 0.717) is 12.2 Å². The van der Waals surface area contributed by atoms with Crippen molar-refractivity contribution in [2.45, 2.75) is 45.1 Å². The Morgan fingerprint density at radius 2 is 1.38 bits per heavy atom. The zero-order valence-electron chi connectivity index (χ0n) is 17.1. The second-order valence-electron chi connectivity index (χ2n) is 7.69. The molecule has 0 bridgehead atoms. The van der Waals surface area contributed by atoms with Crippen LogP contribution in [0.15, 0.2) is 78.9 Å². The van der Waals surface area contributed by atoms with Crippen LogP contribution in [0.25, 0.3) is 0 Å². The Kier molecular flexibility index (Phi) is 6.71. The number of aryl methyl sites for hydroxylation is 1. The van der Waals surface area contributed by atoms with Gasteiger partial charge in [0.1, 0.15) is 5.75 Å². The number of hydrogen-bond donors (Lipinski definition) is 1. The smallest absolute Gasteiger partial charge is 0.348 e. The van der Waals surface area contributed by atoms with Crippen LogP contribution in [0.3, 0.4) is 0 Å². The third-order valence-electron chi connectivity index (χ3n) is 5.07. The Balaban J connectivity index is 1.69. The summed E-state index contributed by atoms with van der Waals surface area (Å²) in [5.74, 6) is -0.405. The second-order valence-corrected chi connectivity index (χ2v) is 7.69. The molecule has 0 aromatic heterocycles. The lowest BCUT2D eigenvalue weighted by molar-refractivity contribution is -0.153. The van der Waals surface area contributed by atoms with E-state index in [4.69, 9.17) is 4.74 Å². The Morgan fingerprint density at radius 3 is 1.97 bits per heavy atom. The van der Waals surface area contributed by atoms with E-state index in [1.165, 1.54) is 11.1 Å². The molecule has 1 unspecified atom stereocenters.